The molecule has 0 aliphatic carbocycles. The molecule has 0 bridgehead atoms. The van der Waals surface area contributed by atoms with E-state index in [4.69, 9.17) is 9.47 Å². The molecule has 0 radical (unpaired) electrons. The van der Waals surface area contributed by atoms with Gasteiger partial charge in [0, 0.05) is 30.8 Å². The average Bonchev–Trinajstić information content (AvgIpc) is 2.39. The van der Waals surface area contributed by atoms with Crippen molar-refractivity contribution in [1.82, 2.24) is 4.90 Å². The normalized spacial score (nSPS) is 24.4. The first-order chi connectivity index (χ1) is 9.04. The summed E-state index contributed by atoms with van der Waals surface area (Å²) >= 11 is 0. The number of hydrogen-bond donors (Lipinski definition) is 0. The Morgan fingerprint density at radius 3 is 2.37 bits per heavy atom. The van der Waals surface area contributed by atoms with Crippen molar-refractivity contribution in [3.63, 3.8) is 0 Å². The molecular weight excluding hydrogens is 250 g/mol. The number of morpholine rings is 1. The topological polar surface area (TPSA) is 65.1 Å². The Balaban J connectivity index is 2.27. The number of nitrogens with zero attached hydrogens (tertiary/aromatic N) is 1. The summed E-state index contributed by atoms with van der Waals surface area (Å²) in [4.78, 5) is 24.3. The zero-order valence-corrected chi connectivity index (χ0v) is 11.6. The summed E-state index contributed by atoms with van der Waals surface area (Å²) < 4.78 is 14.8. The Morgan fingerprint density at radius 1 is 1.21 bits per heavy atom. The summed E-state index contributed by atoms with van der Waals surface area (Å²) in [6.45, 7) is 6.49. The molecule has 1 aliphatic rings. The van der Waals surface area contributed by atoms with Crippen molar-refractivity contribution in [1.29, 1.82) is 0 Å². The molecule has 1 saturated heterocycles. The highest BCUT2D eigenvalue weighted by molar-refractivity contribution is 5.91. The Hall–Kier alpha value is -1.40. The van der Waals surface area contributed by atoms with Crippen LogP contribution in [0.2, 0.25) is 0 Å². The average molecular weight is 271 g/mol. The fourth-order valence-corrected chi connectivity index (χ4v) is 1.98. The Bertz CT molecular complexity index is 332. The van der Waals surface area contributed by atoms with E-state index in [-0.39, 0.29) is 0 Å². The molecular formula is C13H21NO5. The van der Waals surface area contributed by atoms with Crippen LogP contribution in [0.15, 0.2) is 12.2 Å². The van der Waals surface area contributed by atoms with Crippen LogP contribution < -0.4 is 0 Å². The van der Waals surface area contributed by atoms with E-state index >= 15 is 0 Å². The summed E-state index contributed by atoms with van der Waals surface area (Å²) in [6.07, 6.45) is 2.11. The number of rotatable bonds is 5. The number of hydrogen-bond acceptors (Lipinski definition) is 6. The maximum Gasteiger partial charge on any atom is 0.331 e. The minimum Gasteiger partial charge on any atom is -0.466 e. The van der Waals surface area contributed by atoms with E-state index in [1.807, 2.05) is 0 Å². The van der Waals surface area contributed by atoms with Crippen molar-refractivity contribution >= 4 is 11.9 Å². The van der Waals surface area contributed by atoms with Gasteiger partial charge in [0.1, 0.15) is 6.61 Å². The van der Waals surface area contributed by atoms with Gasteiger partial charge in [0.15, 0.2) is 0 Å². The first-order valence-corrected chi connectivity index (χ1v) is 6.31. The summed E-state index contributed by atoms with van der Waals surface area (Å²) in [6, 6.07) is 0.626. The van der Waals surface area contributed by atoms with E-state index in [9.17, 15) is 9.59 Å². The highest BCUT2D eigenvalue weighted by atomic mass is 16.5. The molecule has 0 amide bonds. The van der Waals surface area contributed by atoms with E-state index < -0.39 is 11.9 Å². The van der Waals surface area contributed by atoms with Gasteiger partial charge in [-0.15, -0.1) is 0 Å². The van der Waals surface area contributed by atoms with Crippen LogP contribution in [0.3, 0.4) is 0 Å². The molecule has 1 aliphatic heterocycles. The molecule has 0 aromatic heterocycles. The van der Waals surface area contributed by atoms with Crippen molar-refractivity contribution in [3.8, 4) is 0 Å². The van der Waals surface area contributed by atoms with Gasteiger partial charge in [-0.3, -0.25) is 4.90 Å². The SMILES string of the molecule is COC(=O)/C=C/C(=O)OCCN1[C@@H](C)COC[C@@H]1C. The lowest BCUT2D eigenvalue weighted by molar-refractivity contribution is -0.140. The summed E-state index contributed by atoms with van der Waals surface area (Å²) in [5.41, 5.74) is 0. The third-order valence-electron chi connectivity index (χ3n) is 3.00. The van der Waals surface area contributed by atoms with E-state index in [1.54, 1.807) is 0 Å². The first kappa shape index (κ1) is 15.7. The van der Waals surface area contributed by atoms with Crippen LogP contribution in [0.4, 0.5) is 0 Å². The largest absolute Gasteiger partial charge is 0.466 e. The van der Waals surface area contributed by atoms with Crippen molar-refractivity contribution in [2.24, 2.45) is 0 Å². The highest BCUT2D eigenvalue weighted by Gasteiger charge is 2.24. The van der Waals surface area contributed by atoms with Crippen LogP contribution >= 0.6 is 0 Å². The number of methoxy groups -OCH3 is 1. The predicted molar refractivity (Wildman–Crippen MR) is 68.6 cm³/mol. The van der Waals surface area contributed by atoms with Crippen LogP contribution in [0.1, 0.15) is 13.8 Å². The van der Waals surface area contributed by atoms with Crippen LogP contribution in [-0.2, 0) is 23.8 Å². The molecule has 0 unspecified atom stereocenters. The highest BCUT2D eigenvalue weighted by Crippen LogP contribution is 2.12. The maximum atomic E-state index is 11.3. The molecule has 2 atom stereocenters. The minimum atomic E-state index is -0.577. The molecule has 108 valence electrons. The second-order valence-corrected chi connectivity index (χ2v) is 4.50. The Kier molecular flexibility index (Phi) is 6.52. The number of ether oxygens (including phenoxy) is 3. The fraction of sp³-hybridized carbons (Fsp3) is 0.692. The van der Waals surface area contributed by atoms with Crippen molar-refractivity contribution < 1.29 is 23.8 Å². The third kappa shape index (κ3) is 5.40. The number of carbonyl (C=O) groups is 2. The lowest BCUT2D eigenvalue weighted by Crippen LogP contribution is -2.50. The number of carbonyl (C=O) groups excluding carboxylic acids is 2. The van der Waals surface area contributed by atoms with Crippen LogP contribution in [0.5, 0.6) is 0 Å². The summed E-state index contributed by atoms with van der Waals surface area (Å²) in [7, 11) is 1.25. The Labute approximate surface area is 113 Å². The standard InChI is InChI=1S/C13H21NO5/c1-10-8-18-9-11(2)14(10)6-7-19-13(16)5-4-12(15)17-3/h4-5,10-11H,6-9H2,1-3H3/b5-4+/t10-,11-/m0/s1. The van der Waals surface area contributed by atoms with Gasteiger partial charge in [-0.05, 0) is 13.8 Å². The van der Waals surface area contributed by atoms with Crippen molar-refractivity contribution in [3.05, 3.63) is 12.2 Å². The fourth-order valence-electron chi connectivity index (χ4n) is 1.98. The molecule has 0 spiro atoms. The molecule has 19 heavy (non-hydrogen) atoms. The first-order valence-electron chi connectivity index (χ1n) is 6.31. The van der Waals surface area contributed by atoms with Crippen LogP contribution in [-0.4, -0.2) is 62.4 Å². The van der Waals surface area contributed by atoms with Gasteiger partial charge >= 0.3 is 11.9 Å². The molecule has 0 aromatic rings. The van der Waals surface area contributed by atoms with Gasteiger partial charge in [-0.2, -0.15) is 0 Å². The molecule has 0 saturated carbocycles. The van der Waals surface area contributed by atoms with Crippen LogP contribution in [0.25, 0.3) is 0 Å². The molecule has 1 heterocycles. The van der Waals surface area contributed by atoms with Gasteiger partial charge in [-0.25, -0.2) is 9.59 Å². The second kappa shape index (κ2) is 7.91. The quantitative estimate of drug-likeness (QED) is 0.531. The lowest BCUT2D eigenvalue weighted by atomic mass is 10.2. The zero-order valence-electron chi connectivity index (χ0n) is 11.6. The van der Waals surface area contributed by atoms with E-state index in [1.165, 1.54) is 7.11 Å². The van der Waals surface area contributed by atoms with Gasteiger partial charge in [0.2, 0.25) is 0 Å². The van der Waals surface area contributed by atoms with E-state index in [0.29, 0.717) is 38.4 Å². The second-order valence-electron chi connectivity index (χ2n) is 4.50. The molecule has 1 fully saturated rings. The molecule has 6 heteroatoms. The zero-order chi connectivity index (χ0) is 14.3. The smallest absolute Gasteiger partial charge is 0.331 e. The number of esters is 2. The molecule has 1 rings (SSSR count). The molecule has 0 aromatic carbocycles. The molecule has 6 nitrogen and oxygen atoms in total. The molecule has 0 N–H and O–H groups in total. The van der Waals surface area contributed by atoms with Gasteiger partial charge in [-0.1, -0.05) is 0 Å². The van der Waals surface area contributed by atoms with Crippen LogP contribution in [0, 0.1) is 0 Å². The minimum absolute atomic E-state index is 0.291. The predicted octanol–water partition coefficient (Wildman–Crippen LogP) is 0.368. The van der Waals surface area contributed by atoms with Gasteiger partial charge < -0.3 is 14.2 Å². The maximum absolute atomic E-state index is 11.3. The lowest BCUT2D eigenvalue weighted by Gasteiger charge is -2.38. The summed E-state index contributed by atoms with van der Waals surface area (Å²) in [5, 5.41) is 0. The summed E-state index contributed by atoms with van der Waals surface area (Å²) in [5.74, 6) is -1.12. The Morgan fingerprint density at radius 2 is 1.79 bits per heavy atom. The van der Waals surface area contributed by atoms with Gasteiger partial charge in [0.05, 0.1) is 20.3 Å². The monoisotopic (exact) mass is 271 g/mol. The van der Waals surface area contributed by atoms with E-state index in [0.717, 1.165) is 12.2 Å². The van der Waals surface area contributed by atoms with E-state index in [2.05, 4.69) is 23.5 Å². The third-order valence-corrected chi connectivity index (χ3v) is 3.00. The van der Waals surface area contributed by atoms with Crippen molar-refractivity contribution in [2.75, 3.05) is 33.5 Å². The van der Waals surface area contributed by atoms with Gasteiger partial charge in [0.25, 0.3) is 0 Å². The van der Waals surface area contributed by atoms with Crippen molar-refractivity contribution in [2.45, 2.75) is 25.9 Å².